The maximum Gasteiger partial charge on any atom is 0.340 e. The van der Waals surface area contributed by atoms with E-state index in [4.69, 9.17) is 31.3 Å². The monoisotopic (exact) mass is 559 g/mol. The van der Waals surface area contributed by atoms with E-state index < -0.39 is 5.97 Å². The van der Waals surface area contributed by atoms with Crippen molar-refractivity contribution in [3.05, 3.63) is 52.7 Å². The maximum absolute atomic E-state index is 12.8. The van der Waals surface area contributed by atoms with Gasteiger partial charge in [-0.1, -0.05) is 72.2 Å². The van der Waals surface area contributed by atoms with Crippen LogP contribution in [0.1, 0.15) is 66.9 Å². The highest BCUT2D eigenvalue weighted by molar-refractivity contribution is 8.13. The van der Waals surface area contributed by atoms with Gasteiger partial charge in [0.05, 0.1) is 33.5 Å². The molecule has 1 aromatic rings. The van der Waals surface area contributed by atoms with E-state index in [1.165, 1.54) is 0 Å². The van der Waals surface area contributed by atoms with Gasteiger partial charge in [-0.3, -0.25) is 0 Å². The van der Waals surface area contributed by atoms with Crippen LogP contribution < -0.4 is 10.1 Å². The van der Waals surface area contributed by atoms with Gasteiger partial charge in [-0.25, -0.2) is 9.79 Å². The third-order valence-corrected chi connectivity index (χ3v) is 8.46. The molecule has 1 aromatic carbocycles. The molecule has 38 heavy (non-hydrogen) atoms. The van der Waals surface area contributed by atoms with Crippen LogP contribution >= 0.6 is 23.4 Å². The molecule has 0 amide bonds. The molecule has 8 heteroatoms. The molecular formula is C30H42ClN3O3S. The summed E-state index contributed by atoms with van der Waals surface area (Å²) < 4.78 is 11.7. The van der Waals surface area contributed by atoms with Gasteiger partial charge in [0.2, 0.25) is 0 Å². The molecular weight excluding hydrogens is 518 g/mol. The Bertz CT molecular complexity index is 1100. The molecule has 1 aliphatic rings. The number of thioether (sulfide) groups is 1. The fourth-order valence-electron chi connectivity index (χ4n) is 5.72. The predicted molar refractivity (Wildman–Crippen MR) is 159 cm³/mol. The fourth-order valence-corrected chi connectivity index (χ4v) is 6.65. The summed E-state index contributed by atoms with van der Waals surface area (Å²) >= 11 is 7.85. The SMILES string of the molecule is C=C/C(C(=O)OCC)=C(/CNC1C(C)(C)C(Oc2ccc(C#N)c(Cl)c2)C1(C)C)N=C(SC)C(C)CCC. The second-order valence-electron chi connectivity index (χ2n) is 10.8. The van der Waals surface area contributed by atoms with Gasteiger partial charge >= 0.3 is 5.97 Å². The standard InChI is InChI=1S/C30H42ClN3O3S/c1-10-13-19(4)25(38-9)34-24(22(11-2)26(35)36-12-3)18-33-27-29(5,6)28(30(27,7)8)37-21-15-14-20(17-32)23(31)16-21/h11,14-16,19,27-28,33H,2,10,12-13,18H2,1,3-9H3/b24-22+,34-25?. The van der Waals surface area contributed by atoms with Gasteiger partial charge in [-0.2, -0.15) is 5.26 Å². The predicted octanol–water partition coefficient (Wildman–Crippen LogP) is 7.18. The Morgan fingerprint density at radius 3 is 2.47 bits per heavy atom. The van der Waals surface area contributed by atoms with E-state index in [9.17, 15) is 4.79 Å². The zero-order valence-corrected chi connectivity index (χ0v) is 25.6. The molecule has 1 aliphatic carbocycles. The normalized spacial score (nSPS) is 21.4. The highest BCUT2D eigenvalue weighted by atomic mass is 35.5. The Labute approximate surface area is 237 Å². The van der Waals surface area contributed by atoms with Crippen molar-refractivity contribution in [3.63, 3.8) is 0 Å². The first-order chi connectivity index (χ1) is 17.9. The minimum atomic E-state index is -0.419. The second kappa shape index (κ2) is 13.7. The average Bonchev–Trinajstić information content (AvgIpc) is 2.85. The number of nitrogens with zero attached hydrogens (tertiary/aromatic N) is 2. The Hall–Kier alpha value is -2.27. The van der Waals surface area contributed by atoms with Crippen molar-refractivity contribution >= 4 is 34.4 Å². The van der Waals surface area contributed by atoms with Crippen LogP contribution in [0, 0.1) is 28.1 Å². The van der Waals surface area contributed by atoms with E-state index in [1.807, 2.05) is 6.26 Å². The van der Waals surface area contributed by atoms with Gasteiger partial charge in [0.15, 0.2) is 0 Å². The molecule has 1 saturated carbocycles. The lowest BCUT2D eigenvalue weighted by atomic mass is 9.49. The second-order valence-corrected chi connectivity index (χ2v) is 12.1. The number of aliphatic imine (C=N–C) groups is 1. The van der Waals surface area contributed by atoms with Crippen LogP contribution in [0.5, 0.6) is 5.75 Å². The van der Waals surface area contributed by atoms with Crippen molar-refractivity contribution in [1.29, 1.82) is 5.26 Å². The van der Waals surface area contributed by atoms with Gasteiger partial charge in [0, 0.05) is 35.4 Å². The highest BCUT2D eigenvalue weighted by Crippen LogP contribution is 2.55. The Morgan fingerprint density at radius 2 is 1.97 bits per heavy atom. The van der Waals surface area contributed by atoms with E-state index in [2.05, 4.69) is 59.5 Å². The summed E-state index contributed by atoms with van der Waals surface area (Å²) in [5.74, 6) is 0.499. The number of hydrogen-bond donors (Lipinski definition) is 1. The van der Waals surface area contributed by atoms with E-state index >= 15 is 0 Å². The molecule has 0 heterocycles. The van der Waals surface area contributed by atoms with Gasteiger partial charge < -0.3 is 14.8 Å². The number of halogens is 1. The number of nitriles is 1. The number of nitrogens with one attached hydrogen (secondary N) is 1. The van der Waals surface area contributed by atoms with Crippen LogP contribution in [0.3, 0.4) is 0 Å². The number of benzene rings is 1. The lowest BCUT2D eigenvalue weighted by molar-refractivity contribution is -0.167. The molecule has 1 atom stereocenters. The first kappa shape index (κ1) is 31.9. The van der Waals surface area contributed by atoms with Crippen molar-refractivity contribution < 1.29 is 14.3 Å². The molecule has 1 fully saturated rings. The number of ether oxygens (including phenoxy) is 2. The van der Waals surface area contributed by atoms with E-state index in [1.54, 1.807) is 43.0 Å². The molecule has 2 rings (SSSR count). The molecule has 1 unspecified atom stereocenters. The minimum absolute atomic E-state index is 0.0677. The third kappa shape index (κ3) is 7.02. The Kier molecular flexibility index (Phi) is 11.5. The molecule has 6 nitrogen and oxygen atoms in total. The van der Waals surface area contributed by atoms with Gasteiger partial charge in [-0.05, 0) is 31.7 Å². The topological polar surface area (TPSA) is 83.7 Å². The molecule has 0 bridgehead atoms. The molecule has 0 aromatic heterocycles. The third-order valence-electron chi connectivity index (χ3n) is 7.24. The quantitative estimate of drug-likeness (QED) is 0.0959. The lowest BCUT2D eigenvalue weighted by Crippen LogP contribution is -2.74. The van der Waals surface area contributed by atoms with Crippen LogP contribution in [0.4, 0.5) is 0 Å². The van der Waals surface area contributed by atoms with Crippen LogP contribution in [0.2, 0.25) is 5.02 Å². The number of esters is 1. The van der Waals surface area contributed by atoms with Crippen molar-refractivity contribution in [2.75, 3.05) is 19.4 Å². The van der Waals surface area contributed by atoms with Gasteiger partial charge in [0.25, 0.3) is 0 Å². The number of rotatable bonds is 12. The zero-order chi connectivity index (χ0) is 28.7. The zero-order valence-electron chi connectivity index (χ0n) is 24.0. The van der Waals surface area contributed by atoms with E-state index in [0.29, 0.717) is 34.2 Å². The van der Waals surface area contributed by atoms with Crippen LogP contribution in [-0.4, -0.2) is 42.6 Å². The van der Waals surface area contributed by atoms with Crippen molar-refractivity contribution in [2.24, 2.45) is 21.7 Å². The Balaban J connectivity index is 2.34. The molecule has 0 spiro atoms. The number of carbonyl (C=O) groups excluding carboxylic acids is 1. The van der Waals surface area contributed by atoms with E-state index in [0.717, 1.165) is 17.9 Å². The van der Waals surface area contributed by atoms with Crippen molar-refractivity contribution in [1.82, 2.24) is 5.32 Å². The maximum atomic E-state index is 12.8. The highest BCUT2D eigenvalue weighted by Gasteiger charge is 2.63. The summed E-state index contributed by atoms with van der Waals surface area (Å²) in [6.45, 7) is 19.3. The number of carbonyl (C=O) groups is 1. The smallest absolute Gasteiger partial charge is 0.340 e. The largest absolute Gasteiger partial charge is 0.489 e. The first-order valence-electron chi connectivity index (χ1n) is 13.1. The van der Waals surface area contributed by atoms with Gasteiger partial charge in [0.1, 0.15) is 17.9 Å². The Morgan fingerprint density at radius 1 is 1.32 bits per heavy atom. The molecule has 0 radical (unpaired) electrons. The van der Waals surface area contributed by atoms with Crippen molar-refractivity contribution in [2.45, 2.75) is 73.5 Å². The summed E-state index contributed by atoms with van der Waals surface area (Å²) in [5, 5.41) is 14.2. The minimum Gasteiger partial charge on any atom is -0.489 e. The lowest BCUT2D eigenvalue weighted by Gasteiger charge is -2.63. The molecule has 0 aliphatic heterocycles. The first-order valence-corrected chi connectivity index (χ1v) is 14.7. The van der Waals surface area contributed by atoms with E-state index in [-0.39, 0.29) is 35.5 Å². The summed E-state index contributed by atoms with van der Waals surface area (Å²) in [5.41, 5.74) is 0.942. The summed E-state index contributed by atoms with van der Waals surface area (Å²) in [6.07, 6.45) is 5.52. The van der Waals surface area contributed by atoms with Crippen molar-refractivity contribution in [3.8, 4) is 11.8 Å². The van der Waals surface area contributed by atoms with Crippen LogP contribution in [0.15, 0.2) is 47.1 Å². The summed E-state index contributed by atoms with van der Waals surface area (Å²) in [7, 11) is 0. The molecule has 0 saturated heterocycles. The summed E-state index contributed by atoms with van der Waals surface area (Å²) in [4.78, 5) is 17.8. The number of hydrogen-bond acceptors (Lipinski definition) is 7. The molecule has 1 N–H and O–H groups in total. The molecule has 208 valence electrons. The summed E-state index contributed by atoms with van der Waals surface area (Å²) in [6, 6.07) is 7.30. The van der Waals surface area contributed by atoms with Crippen LogP contribution in [-0.2, 0) is 9.53 Å². The van der Waals surface area contributed by atoms with Gasteiger partial charge in [-0.15, -0.1) is 11.8 Å². The average molecular weight is 560 g/mol. The fraction of sp³-hybridized carbons (Fsp3) is 0.567. The van der Waals surface area contributed by atoms with Crippen LogP contribution in [0.25, 0.3) is 0 Å².